The summed E-state index contributed by atoms with van der Waals surface area (Å²) in [4.78, 5) is 34.5. The summed E-state index contributed by atoms with van der Waals surface area (Å²) in [5, 5.41) is 8.71. The Hall–Kier alpha value is -5.88. The molecule has 4 aromatic carbocycles. The van der Waals surface area contributed by atoms with Crippen LogP contribution in [-0.4, -0.2) is 42.8 Å². The molecule has 0 atom stereocenters. The van der Waals surface area contributed by atoms with E-state index < -0.39 is 30.3 Å². The number of carbonyl (C=O) groups is 3. The van der Waals surface area contributed by atoms with E-state index in [0.29, 0.717) is 29.2 Å². The summed E-state index contributed by atoms with van der Waals surface area (Å²) in [7, 11) is 0. The normalized spacial score (nSPS) is 10.2. The zero-order chi connectivity index (χ0) is 32.2. The number of carboxylic acids is 1. The first kappa shape index (κ1) is 32.0. The Kier molecular flexibility index (Phi) is 11.1. The molecule has 45 heavy (non-hydrogen) atoms. The van der Waals surface area contributed by atoms with Crippen molar-refractivity contribution >= 4 is 17.9 Å². The van der Waals surface area contributed by atoms with Gasteiger partial charge in [0.05, 0.1) is 5.56 Å². The Morgan fingerprint density at radius 2 is 1.36 bits per heavy atom. The first-order valence-corrected chi connectivity index (χ1v) is 13.9. The molecule has 0 unspecified atom stereocenters. The van der Waals surface area contributed by atoms with Crippen LogP contribution in [0, 0.1) is 11.8 Å². The monoisotopic (exact) mass is 608 g/mol. The van der Waals surface area contributed by atoms with E-state index in [0.717, 1.165) is 27.8 Å². The maximum absolute atomic E-state index is 12.8. The number of carbonyl (C=O) groups excluding carboxylic acids is 2. The molecule has 0 saturated heterocycles. The zero-order valence-corrected chi connectivity index (χ0v) is 24.4. The predicted octanol–water partition coefficient (Wildman–Crippen LogP) is 6.40. The van der Waals surface area contributed by atoms with Gasteiger partial charge in [-0.3, -0.25) is 0 Å². The lowest BCUT2D eigenvalue weighted by atomic mass is 9.95. The van der Waals surface area contributed by atoms with E-state index in [-0.39, 0.29) is 13.2 Å². The number of halogens is 1. The van der Waals surface area contributed by atoms with Gasteiger partial charge in [0.25, 0.3) is 0 Å². The van der Waals surface area contributed by atoms with Crippen molar-refractivity contribution in [3.05, 3.63) is 126 Å². The third-order valence-electron chi connectivity index (χ3n) is 6.33. The number of rotatable bonds is 12. The number of esters is 2. The smallest absolute Gasteiger partial charge is 0.366 e. The summed E-state index contributed by atoms with van der Waals surface area (Å²) in [6, 6.07) is 26.5. The fraction of sp³-hybridized carbons (Fsp3) is 0.139. The SMILES string of the molecule is C=C(F)C(=O)OCCOc1ccc(C#Cc2ccc(-c3ccc(C(=O)Oc4ccc(OCC(=O)O)cc4)cc3CC)cc2)cc1. The molecule has 9 heteroatoms. The average Bonchev–Trinajstić information content (AvgIpc) is 3.05. The van der Waals surface area contributed by atoms with Crippen molar-refractivity contribution in [2.75, 3.05) is 19.8 Å². The standard InChI is InChI=1S/C36H29FO8/c1-3-27-22-29(36(41)45-32-17-15-31(16-18-32)44-23-34(38)39)12-19-33(27)28-10-6-25(7-11-28)4-5-26-8-13-30(14-9-26)42-20-21-43-35(40)24(2)37/h6-19,22H,2-3,20-21,23H2,1H3,(H,38,39). The molecule has 0 spiro atoms. The van der Waals surface area contributed by atoms with E-state index in [1.165, 1.54) is 24.3 Å². The lowest BCUT2D eigenvalue weighted by Gasteiger charge is -2.11. The van der Waals surface area contributed by atoms with Crippen LogP contribution in [0.15, 0.2) is 103 Å². The molecule has 0 heterocycles. The van der Waals surface area contributed by atoms with Crippen molar-refractivity contribution in [3.8, 4) is 40.2 Å². The van der Waals surface area contributed by atoms with Crippen molar-refractivity contribution in [1.82, 2.24) is 0 Å². The molecule has 0 amide bonds. The first-order valence-electron chi connectivity index (χ1n) is 13.9. The highest BCUT2D eigenvalue weighted by atomic mass is 19.1. The van der Waals surface area contributed by atoms with Crippen LogP contribution in [0.3, 0.4) is 0 Å². The molecule has 0 bridgehead atoms. The van der Waals surface area contributed by atoms with Crippen LogP contribution in [0.2, 0.25) is 0 Å². The highest BCUT2D eigenvalue weighted by molar-refractivity contribution is 5.92. The number of hydrogen-bond acceptors (Lipinski definition) is 7. The average molecular weight is 609 g/mol. The molecule has 0 aromatic heterocycles. The van der Waals surface area contributed by atoms with Gasteiger partial charge in [-0.15, -0.1) is 0 Å². The van der Waals surface area contributed by atoms with E-state index in [1.54, 1.807) is 30.3 Å². The van der Waals surface area contributed by atoms with Crippen molar-refractivity contribution in [1.29, 1.82) is 0 Å². The highest BCUT2D eigenvalue weighted by Gasteiger charge is 2.13. The minimum atomic E-state index is -1.15. The summed E-state index contributed by atoms with van der Waals surface area (Å²) < 4.78 is 33.3. The van der Waals surface area contributed by atoms with Gasteiger partial charge in [-0.25, -0.2) is 14.4 Å². The summed E-state index contributed by atoms with van der Waals surface area (Å²) in [5.41, 5.74) is 4.98. The third kappa shape index (κ3) is 9.56. The van der Waals surface area contributed by atoms with E-state index in [1.807, 2.05) is 43.3 Å². The Labute approximate surface area is 259 Å². The number of ether oxygens (including phenoxy) is 4. The molecule has 228 valence electrons. The number of hydrogen-bond donors (Lipinski definition) is 1. The van der Waals surface area contributed by atoms with E-state index in [2.05, 4.69) is 23.2 Å². The van der Waals surface area contributed by atoms with Crippen molar-refractivity contribution in [2.24, 2.45) is 0 Å². The molecule has 4 rings (SSSR count). The summed E-state index contributed by atoms with van der Waals surface area (Å²) >= 11 is 0. The molecule has 0 saturated carbocycles. The largest absolute Gasteiger partial charge is 0.490 e. The van der Waals surface area contributed by atoms with Gasteiger partial charge in [0, 0.05) is 11.1 Å². The van der Waals surface area contributed by atoms with Gasteiger partial charge in [0.15, 0.2) is 6.61 Å². The Balaban J connectivity index is 1.34. The molecule has 0 aliphatic heterocycles. The quantitative estimate of drug-likeness (QED) is 0.0647. The van der Waals surface area contributed by atoms with Gasteiger partial charge in [-0.05, 0) is 95.9 Å². The summed E-state index contributed by atoms with van der Waals surface area (Å²) in [6.07, 6.45) is 0.700. The summed E-state index contributed by atoms with van der Waals surface area (Å²) in [6.45, 7) is 4.41. The fourth-order valence-corrected chi connectivity index (χ4v) is 4.09. The van der Waals surface area contributed by atoms with Crippen LogP contribution in [0.25, 0.3) is 11.1 Å². The fourth-order valence-electron chi connectivity index (χ4n) is 4.09. The number of aryl methyl sites for hydroxylation is 1. The Bertz CT molecular complexity index is 1730. The lowest BCUT2D eigenvalue weighted by Crippen LogP contribution is -2.12. The topological polar surface area (TPSA) is 108 Å². The molecule has 1 N–H and O–H groups in total. The van der Waals surface area contributed by atoms with Crippen molar-refractivity contribution in [2.45, 2.75) is 13.3 Å². The second-order valence-electron chi connectivity index (χ2n) is 9.51. The number of carboxylic acid groups (broad SMARTS) is 1. The van der Waals surface area contributed by atoms with E-state index in [9.17, 15) is 18.8 Å². The minimum Gasteiger partial charge on any atom is -0.490 e. The Morgan fingerprint density at radius 3 is 1.96 bits per heavy atom. The van der Waals surface area contributed by atoms with Crippen molar-refractivity contribution in [3.63, 3.8) is 0 Å². The van der Waals surface area contributed by atoms with E-state index >= 15 is 0 Å². The van der Waals surface area contributed by atoms with Gasteiger partial charge in [0.1, 0.15) is 30.5 Å². The molecular weight excluding hydrogens is 579 g/mol. The molecule has 0 fully saturated rings. The lowest BCUT2D eigenvalue weighted by molar-refractivity contribution is -0.141. The predicted molar refractivity (Wildman–Crippen MR) is 165 cm³/mol. The van der Waals surface area contributed by atoms with Crippen LogP contribution in [0.1, 0.15) is 34.0 Å². The van der Waals surface area contributed by atoms with Crippen LogP contribution in [0.5, 0.6) is 17.2 Å². The number of aliphatic carboxylic acids is 1. The highest BCUT2D eigenvalue weighted by Crippen LogP contribution is 2.27. The molecule has 8 nitrogen and oxygen atoms in total. The Morgan fingerprint density at radius 1 is 0.778 bits per heavy atom. The second kappa shape index (κ2) is 15.5. The maximum Gasteiger partial charge on any atom is 0.366 e. The first-order chi connectivity index (χ1) is 21.7. The van der Waals surface area contributed by atoms with Crippen LogP contribution < -0.4 is 14.2 Å². The molecule has 0 aliphatic rings. The molecule has 4 aromatic rings. The van der Waals surface area contributed by atoms with Gasteiger partial charge in [-0.1, -0.05) is 43.5 Å². The zero-order valence-electron chi connectivity index (χ0n) is 24.4. The molecular formula is C36H29FO8. The summed E-state index contributed by atoms with van der Waals surface area (Å²) in [5.74, 6) is 3.63. The van der Waals surface area contributed by atoms with Crippen LogP contribution in [0.4, 0.5) is 4.39 Å². The van der Waals surface area contributed by atoms with Gasteiger partial charge in [0.2, 0.25) is 5.83 Å². The van der Waals surface area contributed by atoms with Gasteiger partial charge in [-0.2, -0.15) is 4.39 Å². The minimum absolute atomic E-state index is 0.0757. The van der Waals surface area contributed by atoms with Gasteiger partial charge >= 0.3 is 17.9 Å². The van der Waals surface area contributed by atoms with E-state index in [4.69, 9.17) is 19.3 Å². The van der Waals surface area contributed by atoms with Crippen LogP contribution in [-0.2, 0) is 20.7 Å². The second-order valence-corrected chi connectivity index (χ2v) is 9.51. The van der Waals surface area contributed by atoms with Gasteiger partial charge < -0.3 is 24.1 Å². The third-order valence-corrected chi connectivity index (χ3v) is 6.33. The molecule has 0 radical (unpaired) electrons. The molecule has 0 aliphatic carbocycles. The number of benzene rings is 4. The van der Waals surface area contributed by atoms with Crippen LogP contribution >= 0.6 is 0 Å². The maximum atomic E-state index is 12.8. The van der Waals surface area contributed by atoms with Crippen molar-refractivity contribution < 1.29 is 42.8 Å².